The molecule has 0 rings (SSSR count). The minimum atomic E-state index is -0.313. The molecule has 0 aliphatic carbocycles. The fraction of sp³-hybridized carbons (Fsp3) is 0.700. The van der Waals surface area contributed by atoms with Crippen molar-refractivity contribution in [2.75, 3.05) is 40.3 Å². The van der Waals surface area contributed by atoms with E-state index in [2.05, 4.69) is 16.8 Å². The van der Waals surface area contributed by atoms with Gasteiger partial charge >= 0.3 is 5.97 Å². The molecule has 82 valence electrons. The monoisotopic (exact) mass is 200 g/mol. The second kappa shape index (κ2) is 7.53. The molecule has 0 atom stereocenters. The van der Waals surface area contributed by atoms with Crippen LogP contribution in [0.25, 0.3) is 0 Å². The molecular weight excluding hydrogens is 180 g/mol. The number of esters is 1. The van der Waals surface area contributed by atoms with E-state index in [4.69, 9.17) is 4.74 Å². The number of hydrogen-bond acceptors (Lipinski definition) is 4. The molecule has 0 unspecified atom stereocenters. The van der Waals surface area contributed by atoms with Crippen molar-refractivity contribution in [1.29, 1.82) is 0 Å². The molecule has 1 N–H and O–H groups in total. The summed E-state index contributed by atoms with van der Waals surface area (Å²) in [5, 5.41) is 3.05. The van der Waals surface area contributed by atoms with Gasteiger partial charge in [0.05, 0.1) is 0 Å². The number of carbonyl (C=O) groups is 1. The molecule has 4 heteroatoms. The van der Waals surface area contributed by atoms with Gasteiger partial charge in [-0.15, -0.1) is 0 Å². The van der Waals surface area contributed by atoms with E-state index in [1.807, 2.05) is 14.1 Å². The summed E-state index contributed by atoms with van der Waals surface area (Å²) < 4.78 is 4.95. The number of ether oxygens (including phenoxy) is 1. The number of carbonyl (C=O) groups excluding carboxylic acids is 1. The van der Waals surface area contributed by atoms with Crippen LogP contribution in [0.3, 0.4) is 0 Å². The average Bonchev–Trinajstić information content (AvgIpc) is 2.14. The Bertz CT molecular complexity index is 193. The zero-order valence-electron chi connectivity index (χ0n) is 9.30. The highest BCUT2D eigenvalue weighted by Gasteiger charge is 2.03. The van der Waals surface area contributed by atoms with Crippen molar-refractivity contribution in [1.82, 2.24) is 10.2 Å². The van der Waals surface area contributed by atoms with Gasteiger partial charge in [-0.3, -0.25) is 0 Å². The Kier molecular flexibility index (Phi) is 7.06. The molecule has 0 aromatic rings. The first kappa shape index (κ1) is 13.1. The topological polar surface area (TPSA) is 41.6 Å². The van der Waals surface area contributed by atoms with Crippen molar-refractivity contribution in [3.8, 4) is 0 Å². The van der Waals surface area contributed by atoms with Gasteiger partial charge in [0.25, 0.3) is 0 Å². The Morgan fingerprint density at radius 2 is 2.14 bits per heavy atom. The maximum atomic E-state index is 11.0. The first-order valence-corrected chi connectivity index (χ1v) is 4.73. The van der Waals surface area contributed by atoms with Crippen LogP contribution in [0, 0.1) is 0 Å². The quantitative estimate of drug-likeness (QED) is 0.473. The molecule has 0 bridgehead atoms. The number of nitrogens with zero attached hydrogens (tertiary/aromatic N) is 1. The van der Waals surface area contributed by atoms with Gasteiger partial charge in [-0.1, -0.05) is 6.58 Å². The van der Waals surface area contributed by atoms with Gasteiger partial charge in [0.15, 0.2) is 0 Å². The van der Waals surface area contributed by atoms with Crippen LogP contribution in [-0.2, 0) is 9.53 Å². The number of nitrogens with one attached hydrogen (secondary N) is 1. The average molecular weight is 200 g/mol. The summed E-state index contributed by atoms with van der Waals surface area (Å²) >= 11 is 0. The molecule has 0 fully saturated rings. The van der Waals surface area contributed by atoms with E-state index in [0.29, 0.717) is 12.2 Å². The maximum Gasteiger partial charge on any atom is 0.333 e. The van der Waals surface area contributed by atoms with Crippen molar-refractivity contribution in [2.24, 2.45) is 0 Å². The summed E-state index contributed by atoms with van der Waals surface area (Å²) in [7, 11) is 3.90. The molecule has 0 saturated carbocycles. The van der Waals surface area contributed by atoms with Crippen LogP contribution in [0.5, 0.6) is 0 Å². The van der Waals surface area contributed by atoms with Crippen molar-refractivity contribution >= 4 is 5.97 Å². The third-order valence-electron chi connectivity index (χ3n) is 1.80. The highest BCUT2D eigenvalue weighted by molar-refractivity contribution is 5.86. The summed E-state index contributed by atoms with van der Waals surface area (Å²) in [4.78, 5) is 13.1. The van der Waals surface area contributed by atoms with Crippen molar-refractivity contribution < 1.29 is 9.53 Å². The third-order valence-corrected chi connectivity index (χ3v) is 1.80. The van der Waals surface area contributed by atoms with E-state index in [1.54, 1.807) is 6.92 Å². The fourth-order valence-electron chi connectivity index (χ4n) is 0.832. The Morgan fingerprint density at radius 3 is 2.64 bits per heavy atom. The lowest BCUT2D eigenvalue weighted by Crippen LogP contribution is -2.30. The van der Waals surface area contributed by atoms with Crippen molar-refractivity contribution in [3.63, 3.8) is 0 Å². The van der Waals surface area contributed by atoms with Crippen LogP contribution in [0.4, 0.5) is 0 Å². The molecule has 4 nitrogen and oxygen atoms in total. The largest absolute Gasteiger partial charge is 0.461 e. The van der Waals surface area contributed by atoms with E-state index in [-0.39, 0.29) is 5.97 Å². The van der Waals surface area contributed by atoms with Crippen LogP contribution in [0.1, 0.15) is 6.92 Å². The molecule has 0 radical (unpaired) electrons. The standard InChI is InChI=1S/C10H20N2O2/c1-9(2)10(13)14-8-7-12(4)6-5-11-3/h11H,1,5-8H2,2-4H3. The van der Waals surface area contributed by atoms with E-state index in [0.717, 1.165) is 19.6 Å². The van der Waals surface area contributed by atoms with Gasteiger partial charge in [0.1, 0.15) is 6.61 Å². The smallest absolute Gasteiger partial charge is 0.333 e. The molecule has 0 aliphatic heterocycles. The van der Waals surface area contributed by atoms with Gasteiger partial charge in [-0.25, -0.2) is 4.79 Å². The lowest BCUT2D eigenvalue weighted by atomic mass is 10.4. The van der Waals surface area contributed by atoms with Gasteiger partial charge < -0.3 is 15.0 Å². The maximum absolute atomic E-state index is 11.0. The summed E-state index contributed by atoms with van der Waals surface area (Å²) in [6.07, 6.45) is 0. The highest BCUT2D eigenvalue weighted by atomic mass is 16.5. The number of hydrogen-bond donors (Lipinski definition) is 1. The van der Waals surface area contributed by atoms with E-state index in [9.17, 15) is 4.79 Å². The zero-order chi connectivity index (χ0) is 11.0. The van der Waals surface area contributed by atoms with Crippen molar-refractivity contribution in [3.05, 3.63) is 12.2 Å². The molecule has 0 amide bonds. The zero-order valence-corrected chi connectivity index (χ0v) is 9.30. The second-order valence-corrected chi connectivity index (χ2v) is 3.32. The highest BCUT2D eigenvalue weighted by Crippen LogP contribution is 1.92. The van der Waals surface area contributed by atoms with E-state index >= 15 is 0 Å². The van der Waals surface area contributed by atoms with Crippen molar-refractivity contribution in [2.45, 2.75) is 6.92 Å². The SMILES string of the molecule is C=C(C)C(=O)OCCN(C)CCNC. The predicted octanol–water partition coefficient (Wildman–Crippen LogP) is 0.257. The summed E-state index contributed by atoms with van der Waals surface area (Å²) in [5.74, 6) is -0.313. The van der Waals surface area contributed by atoms with Gasteiger partial charge in [-0.05, 0) is 21.0 Å². The summed E-state index contributed by atoms with van der Waals surface area (Å²) in [6.45, 7) is 8.20. The van der Waals surface area contributed by atoms with E-state index in [1.165, 1.54) is 0 Å². The van der Waals surface area contributed by atoms with Crippen LogP contribution in [-0.4, -0.2) is 51.2 Å². The summed E-state index contributed by atoms with van der Waals surface area (Å²) in [5.41, 5.74) is 0.447. The first-order chi connectivity index (χ1) is 6.57. The second-order valence-electron chi connectivity index (χ2n) is 3.32. The Morgan fingerprint density at radius 1 is 1.50 bits per heavy atom. The number of rotatable bonds is 7. The van der Waals surface area contributed by atoms with Gasteiger partial charge in [-0.2, -0.15) is 0 Å². The van der Waals surface area contributed by atoms with Crippen LogP contribution in [0.2, 0.25) is 0 Å². The lowest BCUT2D eigenvalue weighted by molar-refractivity contribution is -0.139. The molecule has 0 aromatic carbocycles. The summed E-state index contributed by atoms with van der Waals surface area (Å²) in [6, 6.07) is 0. The Balaban J connectivity index is 3.44. The molecule has 0 spiro atoms. The van der Waals surface area contributed by atoms with Gasteiger partial charge in [0.2, 0.25) is 0 Å². The molecule has 0 aliphatic rings. The predicted molar refractivity (Wildman–Crippen MR) is 57.2 cm³/mol. The van der Waals surface area contributed by atoms with Gasteiger partial charge in [0, 0.05) is 25.2 Å². The minimum Gasteiger partial charge on any atom is -0.461 e. The molecule has 0 saturated heterocycles. The van der Waals surface area contributed by atoms with E-state index < -0.39 is 0 Å². The minimum absolute atomic E-state index is 0.313. The molecule has 0 aromatic heterocycles. The Labute approximate surface area is 85.9 Å². The third kappa shape index (κ3) is 6.62. The number of likely N-dealkylation sites (N-methyl/N-ethyl adjacent to an activating group) is 2. The van der Waals surface area contributed by atoms with Crippen LogP contribution < -0.4 is 5.32 Å². The fourth-order valence-corrected chi connectivity index (χ4v) is 0.832. The first-order valence-electron chi connectivity index (χ1n) is 4.73. The van der Waals surface area contributed by atoms with Crippen LogP contribution >= 0.6 is 0 Å². The molecule has 0 heterocycles. The Hall–Kier alpha value is -0.870. The molecular formula is C10H20N2O2. The lowest BCUT2D eigenvalue weighted by Gasteiger charge is -2.15. The normalized spacial score (nSPS) is 10.3. The molecule has 14 heavy (non-hydrogen) atoms. The van der Waals surface area contributed by atoms with Crippen LogP contribution in [0.15, 0.2) is 12.2 Å².